The predicted octanol–water partition coefficient (Wildman–Crippen LogP) is 1.73. The summed E-state index contributed by atoms with van der Waals surface area (Å²) in [4.78, 5) is 0. The highest BCUT2D eigenvalue weighted by atomic mass is 32.1. The van der Waals surface area contributed by atoms with Crippen LogP contribution in [0.5, 0.6) is 0 Å². The number of hydrogen-bond acceptors (Lipinski definition) is 2. The molecule has 0 bridgehead atoms. The van der Waals surface area contributed by atoms with Gasteiger partial charge in [-0.05, 0) is 31.1 Å². The van der Waals surface area contributed by atoms with Crippen LogP contribution in [0.2, 0.25) is 0 Å². The Balaban J connectivity index is 2.16. The SMILES string of the molecule is COC[C@H](C)NC(=S)NCCc1ccccc1. The largest absolute Gasteiger partial charge is 0.383 e. The number of rotatable bonds is 6. The van der Waals surface area contributed by atoms with E-state index >= 15 is 0 Å². The van der Waals surface area contributed by atoms with Crippen molar-refractivity contribution in [1.82, 2.24) is 10.6 Å². The molecule has 1 aromatic carbocycles. The molecule has 0 aromatic heterocycles. The summed E-state index contributed by atoms with van der Waals surface area (Å²) in [5.41, 5.74) is 1.31. The van der Waals surface area contributed by atoms with E-state index in [4.69, 9.17) is 17.0 Å². The van der Waals surface area contributed by atoms with E-state index in [1.807, 2.05) is 25.1 Å². The Morgan fingerprint density at radius 1 is 1.35 bits per heavy atom. The zero-order valence-corrected chi connectivity index (χ0v) is 11.2. The Labute approximate surface area is 109 Å². The summed E-state index contributed by atoms with van der Waals surface area (Å²) in [7, 11) is 1.68. The average molecular weight is 252 g/mol. The van der Waals surface area contributed by atoms with Gasteiger partial charge in [-0.2, -0.15) is 0 Å². The highest BCUT2D eigenvalue weighted by Crippen LogP contribution is 1.97. The van der Waals surface area contributed by atoms with Crippen molar-refractivity contribution in [2.24, 2.45) is 0 Å². The average Bonchev–Trinajstić information content (AvgIpc) is 2.30. The molecule has 0 heterocycles. The van der Waals surface area contributed by atoms with E-state index < -0.39 is 0 Å². The maximum Gasteiger partial charge on any atom is 0.166 e. The number of benzene rings is 1. The van der Waals surface area contributed by atoms with Gasteiger partial charge in [-0.3, -0.25) is 0 Å². The maximum atomic E-state index is 5.18. The van der Waals surface area contributed by atoms with Gasteiger partial charge >= 0.3 is 0 Å². The molecule has 0 aliphatic heterocycles. The second kappa shape index (κ2) is 8.03. The Morgan fingerprint density at radius 3 is 2.71 bits per heavy atom. The topological polar surface area (TPSA) is 33.3 Å². The second-order valence-electron chi connectivity index (χ2n) is 3.99. The van der Waals surface area contributed by atoms with Crippen LogP contribution in [0.4, 0.5) is 0 Å². The van der Waals surface area contributed by atoms with Crippen molar-refractivity contribution < 1.29 is 4.74 Å². The summed E-state index contributed by atoms with van der Waals surface area (Å²) in [6, 6.07) is 10.6. The molecule has 0 saturated heterocycles. The number of hydrogen-bond donors (Lipinski definition) is 2. The number of thiocarbonyl (C=S) groups is 1. The van der Waals surface area contributed by atoms with Gasteiger partial charge in [0.05, 0.1) is 6.61 Å². The summed E-state index contributed by atoms with van der Waals surface area (Å²) in [5.74, 6) is 0. The van der Waals surface area contributed by atoms with Crippen LogP contribution >= 0.6 is 12.2 Å². The normalized spacial score (nSPS) is 11.9. The Kier molecular flexibility index (Phi) is 6.58. The molecular weight excluding hydrogens is 232 g/mol. The van der Waals surface area contributed by atoms with Gasteiger partial charge < -0.3 is 15.4 Å². The third kappa shape index (κ3) is 6.24. The Morgan fingerprint density at radius 2 is 2.06 bits per heavy atom. The van der Waals surface area contributed by atoms with E-state index in [2.05, 4.69) is 22.8 Å². The summed E-state index contributed by atoms with van der Waals surface area (Å²) < 4.78 is 5.03. The van der Waals surface area contributed by atoms with Gasteiger partial charge in [0.25, 0.3) is 0 Å². The molecule has 0 unspecified atom stereocenters. The monoisotopic (exact) mass is 252 g/mol. The molecule has 0 spiro atoms. The first-order valence-electron chi connectivity index (χ1n) is 5.79. The quantitative estimate of drug-likeness (QED) is 0.756. The first-order valence-corrected chi connectivity index (χ1v) is 6.20. The minimum atomic E-state index is 0.233. The van der Waals surface area contributed by atoms with Crippen LogP contribution < -0.4 is 10.6 Å². The zero-order valence-electron chi connectivity index (χ0n) is 10.4. The fourth-order valence-electron chi connectivity index (χ4n) is 1.53. The van der Waals surface area contributed by atoms with Gasteiger partial charge in [0.1, 0.15) is 0 Å². The molecule has 0 saturated carbocycles. The molecule has 1 atom stereocenters. The first kappa shape index (κ1) is 13.9. The predicted molar refractivity (Wildman–Crippen MR) is 75.2 cm³/mol. The molecule has 2 N–H and O–H groups in total. The highest BCUT2D eigenvalue weighted by molar-refractivity contribution is 7.80. The molecule has 3 nitrogen and oxygen atoms in total. The van der Waals surface area contributed by atoms with Crippen LogP contribution in [-0.2, 0) is 11.2 Å². The highest BCUT2D eigenvalue weighted by Gasteiger charge is 2.02. The van der Waals surface area contributed by atoms with E-state index in [0.29, 0.717) is 11.7 Å². The van der Waals surface area contributed by atoms with Crippen molar-refractivity contribution in [2.75, 3.05) is 20.3 Å². The van der Waals surface area contributed by atoms with Crippen LogP contribution in [0, 0.1) is 0 Å². The van der Waals surface area contributed by atoms with Gasteiger partial charge in [0.2, 0.25) is 0 Å². The standard InChI is InChI=1S/C13H20N2OS/c1-11(10-16-2)15-13(17)14-9-8-12-6-4-3-5-7-12/h3-7,11H,8-10H2,1-2H3,(H2,14,15,17)/t11-/m0/s1. The van der Waals surface area contributed by atoms with E-state index in [1.54, 1.807) is 7.11 Å². The zero-order chi connectivity index (χ0) is 12.5. The second-order valence-corrected chi connectivity index (χ2v) is 4.40. The van der Waals surface area contributed by atoms with E-state index in [9.17, 15) is 0 Å². The molecular formula is C13H20N2OS. The first-order chi connectivity index (χ1) is 8.22. The van der Waals surface area contributed by atoms with E-state index in [-0.39, 0.29) is 6.04 Å². The summed E-state index contributed by atoms with van der Waals surface area (Å²) in [5, 5.41) is 7.03. The van der Waals surface area contributed by atoms with Crippen molar-refractivity contribution in [3.05, 3.63) is 35.9 Å². The van der Waals surface area contributed by atoms with Crippen LogP contribution in [0.3, 0.4) is 0 Å². The number of ether oxygens (including phenoxy) is 1. The molecule has 1 aromatic rings. The van der Waals surface area contributed by atoms with Crippen molar-refractivity contribution in [1.29, 1.82) is 0 Å². The van der Waals surface area contributed by atoms with Crippen LogP contribution in [0.1, 0.15) is 12.5 Å². The molecule has 94 valence electrons. The summed E-state index contributed by atoms with van der Waals surface area (Å²) in [6.07, 6.45) is 0.974. The molecule has 0 aliphatic carbocycles. The van der Waals surface area contributed by atoms with Crippen LogP contribution in [0.25, 0.3) is 0 Å². The van der Waals surface area contributed by atoms with E-state index in [1.165, 1.54) is 5.56 Å². The lowest BCUT2D eigenvalue weighted by molar-refractivity contribution is 0.179. The van der Waals surface area contributed by atoms with Crippen molar-refractivity contribution in [3.63, 3.8) is 0 Å². The minimum absolute atomic E-state index is 0.233. The fourth-order valence-corrected chi connectivity index (χ4v) is 1.83. The fraction of sp³-hybridized carbons (Fsp3) is 0.462. The molecule has 0 fully saturated rings. The third-order valence-electron chi connectivity index (χ3n) is 2.34. The Bertz CT molecular complexity index is 329. The van der Waals surface area contributed by atoms with Crippen LogP contribution in [0.15, 0.2) is 30.3 Å². The molecule has 0 aliphatic rings. The van der Waals surface area contributed by atoms with Crippen LogP contribution in [-0.4, -0.2) is 31.4 Å². The molecule has 0 radical (unpaired) electrons. The van der Waals surface area contributed by atoms with Gasteiger partial charge in [0, 0.05) is 19.7 Å². The van der Waals surface area contributed by atoms with Crippen molar-refractivity contribution >= 4 is 17.3 Å². The van der Waals surface area contributed by atoms with Crippen molar-refractivity contribution in [3.8, 4) is 0 Å². The summed E-state index contributed by atoms with van der Waals surface area (Å²) in [6.45, 7) is 3.53. The lowest BCUT2D eigenvalue weighted by Crippen LogP contribution is -2.43. The maximum absolute atomic E-state index is 5.18. The molecule has 1 rings (SSSR count). The molecule has 4 heteroatoms. The van der Waals surface area contributed by atoms with E-state index in [0.717, 1.165) is 13.0 Å². The number of nitrogens with one attached hydrogen (secondary N) is 2. The number of methoxy groups -OCH3 is 1. The third-order valence-corrected chi connectivity index (χ3v) is 2.60. The molecule has 17 heavy (non-hydrogen) atoms. The lowest BCUT2D eigenvalue weighted by atomic mass is 10.1. The lowest BCUT2D eigenvalue weighted by Gasteiger charge is -2.16. The molecule has 0 amide bonds. The van der Waals surface area contributed by atoms with Gasteiger partial charge in [-0.1, -0.05) is 30.3 Å². The minimum Gasteiger partial charge on any atom is -0.383 e. The summed E-state index contributed by atoms with van der Waals surface area (Å²) >= 11 is 5.18. The van der Waals surface area contributed by atoms with Gasteiger partial charge in [0.15, 0.2) is 5.11 Å². The van der Waals surface area contributed by atoms with Crippen molar-refractivity contribution in [2.45, 2.75) is 19.4 Å². The van der Waals surface area contributed by atoms with Gasteiger partial charge in [-0.25, -0.2) is 0 Å². The Hall–Kier alpha value is -1.13. The van der Waals surface area contributed by atoms with Gasteiger partial charge in [-0.15, -0.1) is 0 Å². The smallest absolute Gasteiger partial charge is 0.166 e.